The van der Waals surface area contributed by atoms with Gasteiger partial charge >= 0.3 is 0 Å². The second kappa shape index (κ2) is 10.4. The van der Waals surface area contributed by atoms with Crippen LogP contribution >= 0.6 is 23.2 Å². The molecule has 0 saturated heterocycles. The maximum atomic E-state index is 13.1. The van der Waals surface area contributed by atoms with Gasteiger partial charge in [-0.15, -0.1) is 0 Å². The Kier molecular flexibility index (Phi) is 7.30. The van der Waals surface area contributed by atoms with Crippen LogP contribution in [0, 0.1) is 0 Å². The standard InChI is InChI=1S/C24H19Cl2N3O5S/c1-33-20-12-18(13-22(14-20)35(31,32)21-8-4-17(26)5-9-21)28-24(30)23-10-11-27-29(23)15-34-19-6-2-16(25)3-7-19/h2-14H,15H2,1H3,(H,28,30). The Labute approximate surface area is 211 Å². The smallest absolute Gasteiger partial charge is 0.274 e. The number of halogens is 2. The van der Waals surface area contributed by atoms with Crippen molar-refractivity contribution in [2.75, 3.05) is 12.4 Å². The highest BCUT2D eigenvalue weighted by Gasteiger charge is 2.21. The summed E-state index contributed by atoms with van der Waals surface area (Å²) in [6, 6.07) is 18.3. The third kappa shape index (κ3) is 5.76. The van der Waals surface area contributed by atoms with Gasteiger partial charge in [-0.25, -0.2) is 13.1 Å². The number of nitrogens with zero attached hydrogens (tertiary/aromatic N) is 2. The summed E-state index contributed by atoms with van der Waals surface area (Å²) in [7, 11) is -2.48. The Balaban J connectivity index is 1.56. The molecule has 1 aromatic heterocycles. The highest BCUT2D eigenvalue weighted by Crippen LogP contribution is 2.29. The van der Waals surface area contributed by atoms with Gasteiger partial charge in [-0.05, 0) is 66.7 Å². The van der Waals surface area contributed by atoms with Crippen molar-refractivity contribution in [3.63, 3.8) is 0 Å². The van der Waals surface area contributed by atoms with Crippen LogP contribution in [0.4, 0.5) is 5.69 Å². The quantitative estimate of drug-likeness (QED) is 0.330. The van der Waals surface area contributed by atoms with Crippen LogP contribution in [0.15, 0.2) is 88.8 Å². The first kappa shape index (κ1) is 24.6. The van der Waals surface area contributed by atoms with E-state index in [1.165, 1.54) is 66.5 Å². The Morgan fingerprint density at radius 1 is 0.914 bits per heavy atom. The van der Waals surface area contributed by atoms with Gasteiger partial charge in [0.25, 0.3) is 5.91 Å². The van der Waals surface area contributed by atoms with Crippen LogP contribution in [-0.2, 0) is 16.6 Å². The Bertz CT molecular complexity index is 1450. The molecule has 0 aliphatic carbocycles. The van der Waals surface area contributed by atoms with Crippen molar-refractivity contribution < 1.29 is 22.7 Å². The zero-order chi connectivity index (χ0) is 25.0. The molecule has 11 heteroatoms. The number of anilines is 1. The van der Waals surface area contributed by atoms with Gasteiger partial charge in [-0.2, -0.15) is 5.10 Å². The monoisotopic (exact) mass is 531 g/mol. The molecule has 180 valence electrons. The molecule has 4 rings (SSSR count). The van der Waals surface area contributed by atoms with Gasteiger partial charge in [0.05, 0.1) is 16.9 Å². The number of aromatic nitrogens is 2. The van der Waals surface area contributed by atoms with Gasteiger partial charge in [-0.1, -0.05) is 23.2 Å². The van der Waals surface area contributed by atoms with Crippen molar-refractivity contribution in [1.29, 1.82) is 0 Å². The minimum Gasteiger partial charge on any atom is -0.497 e. The fourth-order valence-corrected chi connectivity index (χ4v) is 4.73. The molecule has 0 radical (unpaired) electrons. The van der Waals surface area contributed by atoms with Crippen LogP contribution in [0.5, 0.6) is 11.5 Å². The highest BCUT2D eigenvalue weighted by molar-refractivity contribution is 7.91. The molecule has 3 aromatic carbocycles. The molecule has 1 heterocycles. The number of rotatable bonds is 8. The van der Waals surface area contributed by atoms with E-state index in [9.17, 15) is 13.2 Å². The van der Waals surface area contributed by atoms with E-state index in [0.29, 0.717) is 15.8 Å². The fraction of sp³-hybridized carbons (Fsp3) is 0.0833. The number of ether oxygens (including phenoxy) is 2. The molecular formula is C24H19Cl2N3O5S. The predicted molar refractivity (Wildman–Crippen MR) is 132 cm³/mol. The first-order valence-electron chi connectivity index (χ1n) is 10.2. The van der Waals surface area contributed by atoms with Crippen molar-refractivity contribution >= 4 is 44.6 Å². The number of sulfone groups is 1. The number of hydrogen-bond acceptors (Lipinski definition) is 6. The molecule has 0 unspecified atom stereocenters. The van der Waals surface area contributed by atoms with Gasteiger partial charge in [0, 0.05) is 28.0 Å². The number of amides is 1. The second-order valence-corrected chi connectivity index (χ2v) is 10.1. The fourth-order valence-electron chi connectivity index (χ4n) is 3.16. The maximum Gasteiger partial charge on any atom is 0.274 e. The van der Waals surface area contributed by atoms with Gasteiger partial charge in [0.1, 0.15) is 17.2 Å². The Morgan fingerprint density at radius 3 is 2.23 bits per heavy atom. The van der Waals surface area contributed by atoms with Gasteiger partial charge in [0.2, 0.25) is 9.84 Å². The van der Waals surface area contributed by atoms with Gasteiger partial charge in [0.15, 0.2) is 6.73 Å². The molecule has 0 aliphatic rings. The van der Waals surface area contributed by atoms with E-state index in [-0.39, 0.29) is 33.7 Å². The summed E-state index contributed by atoms with van der Waals surface area (Å²) in [5.41, 5.74) is 0.442. The molecule has 1 N–H and O–H groups in total. The van der Waals surface area contributed by atoms with E-state index in [0.717, 1.165) is 0 Å². The molecule has 1 amide bonds. The summed E-state index contributed by atoms with van der Waals surface area (Å²) in [4.78, 5) is 13.0. The van der Waals surface area contributed by atoms with Crippen molar-refractivity contribution in [2.24, 2.45) is 0 Å². The number of carbonyl (C=O) groups excluding carboxylic acids is 1. The summed E-state index contributed by atoms with van der Waals surface area (Å²) in [5, 5.41) is 7.81. The van der Waals surface area contributed by atoms with Crippen molar-refractivity contribution in [2.45, 2.75) is 16.5 Å². The number of methoxy groups -OCH3 is 1. The van der Waals surface area contributed by atoms with E-state index in [4.69, 9.17) is 32.7 Å². The van der Waals surface area contributed by atoms with Crippen LogP contribution in [0.1, 0.15) is 10.5 Å². The Hall–Kier alpha value is -3.53. The van der Waals surface area contributed by atoms with Crippen LogP contribution in [0.25, 0.3) is 0 Å². The zero-order valence-corrected chi connectivity index (χ0v) is 20.6. The molecule has 0 aliphatic heterocycles. The number of benzene rings is 3. The number of nitrogens with one attached hydrogen (secondary N) is 1. The predicted octanol–water partition coefficient (Wildman–Crippen LogP) is 5.32. The van der Waals surface area contributed by atoms with Crippen molar-refractivity contribution in [3.05, 3.63) is 94.7 Å². The average Bonchev–Trinajstić information content (AvgIpc) is 3.32. The third-order valence-electron chi connectivity index (χ3n) is 4.92. The molecule has 0 fully saturated rings. The second-order valence-electron chi connectivity index (χ2n) is 7.25. The largest absolute Gasteiger partial charge is 0.497 e. The lowest BCUT2D eigenvalue weighted by Gasteiger charge is -2.13. The molecule has 4 aromatic rings. The highest BCUT2D eigenvalue weighted by atomic mass is 35.5. The van der Waals surface area contributed by atoms with Gasteiger partial charge < -0.3 is 14.8 Å². The van der Waals surface area contributed by atoms with E-state index in [2.05, 4.69) is 10.4 Å². The lowest BCUT2D eigenvalue weighted by Crippen LogP contribution is -2.20. The number of hydrogen-bond donors (Lipinski definition) is 1. The lowest BCUT2D eigenvalue weighted by atomic mass is 10.3. The number of carbonyl (C=O) groups is 1. The summed E-state index contributed by atoms with van der Waals surface area (Å²) in [6.45, 7) is -0.0221. The third-order valence-corrected chi connectivity index (χ3v) is 7.18. The lowest BCUT2D eigenvalue weighted by molar-refractivity contribution is 0.100. The summed E-state index contributed by atoms with van der Waals surface area (Å²) in [5.74, 6) is 0.307. The molecule has 0 bridgehead atoms. The first-order chi connectivity index (χ1) is 16.8. The first-order valence-corrected chi connectivity index (χ1v) is 12.4. The zero-order valence-electron chi connectivity index (χ0n) is 18.3. The normalized spacial score (nSPS) is 11.2. The van der Waals surface area contributed by atoms with Crippen molar-refractivity contribution in [1.82, 2.24) is 9.78 Å². The average molecular weight is 532 g/mol. The van der Waals surface area contributed by atoms with Crippen LogP contribution in [0.2, 0.25) is 10.0 Å². The summed E-state index contributed by atoms with van der Waals surface area (Å²) >= 11 is 11.8. The van der Waals surface area contributed by atoms with E-state index >= 15 is 0 Å². The maximum absolute atomic E-state index is 13.1. The molecule has 0 atom stereocenters. The topological polar surface area (TPSA) is 99.5 Å². The SMILES string of the molecule is COc1cc(NC(=O)c2ccnn2COc2ccc(Cl)cc2)cc(S(=O)(=O)c2ccc(Cl)cc2)c1. The molecule has 35 heavy (non-hydrogen) atoms. The van der Waals surface area contributed by atoms with Crippen molar-refractivity contribution in [3.8, 4) is 11.5 Å². The van der Waals surface area contributed by atoms with Crippen LogP contribution < -0.4 is 14.8 Å². The van der Waals surface area contributed by atoms with Crippen LogP contribution in [-0.4, -0.2) is 31.2 Å². The van der Waals surface area contributed by atoms with E-state index < -0.39 is 15.7 Å². The van der Waals surface area contributed by atoms with E-state index in [1.807, 2.05) is 0 Å². The van der Waals surface area contributed by atoms with Crippen LogP contribution in [0.3, 0.4) is 0 Å². The summed E-state index contributed by atoms with van der Waals surface area (Å²) in [6.07, 6.45) is 1.46. The van der Waals surface area contributed by atoms with Gasteiger partial charge in [-0.3, -0.25) is 4.79 Å². The minimum absolute atomic E-state index is 0.0221. The molecular weight excluding hydrogens is 513 g/mol. The summed E-state index contributed by atoms with van der Waals surface area (Å²) < 4.78 is 38.5. The molecule has 0 spiro atoms. The molecule has 8 nitrogen and oxygen atoms in total. The minimum atomic E-state index is -3.89. The molecule has 0 saturated carbocycles. The Morgan fingerprint density at radius 2 is 1.57 bits per heavy atom. The van der Waals surface area contributed by atoms with E-state index in [1.54, 1.807) is 24.3 Å².